The van der Waals surface area contributed by atoms with Gasteiger partial charge < -0.3 is 0 Å². The van der Waals surface area contributed by atoms with Gasteiger partial charge in [0, 0.05) is 5.39 Å². The number of hydrogen-bond acceptors (Lipinski definition) is 1. The molecule has 1 aromatic heterocycles. The topological polar surface area (TPSA) is 12.9 Å². The molecular formula is C10H7FN. The normalized spacial score (nSPS) is 10.4. The number of pyridine rings is 1. The van der Waals surface area contributed by atoms with E-state index in [0.29, 0.717) is 5.69 Å². The number of rotatable bonds is 1. The van der Waals surface area contributed by atoms with E-state index in [9.17, 15) is 4.39 Å². The van der Waals surface area contributed by atoms with Crippen molar-refractivity contribution in [3.63, 3.8) is 0 Å². The first-order chi connectivity index (χ1) is 5.90. The van der Waals surface area contributed by atoms with Gasteiger partial charge in [0.25, 0.3) is 0 Å². The molecule has 1 radical (unpaired) electrons. The highest BCUT2D eigenvalue weighted by atomic mass is 19.1. The third-order valence-electron chi connectivity index (χ3n) is 1.73. The van der Waals surface area contributed by atoms with Crippen LogP contribution in [0, 0.1) is 6.07 Å². The van der Waals surface area contributed by atoms with Crippen LogP contribution in [0.15, 0.2) is 30.3 Å². The molecule has 2 heteroatoms. The van der Waals surface area contributed by atoms with E-state index in [4.69, 9.17) is 0 Å². The van der Waals surface area contributed by atoms with Crippen molar-refractivity contribution < 1.29 is 4.39 Å². The number of nitrogens with zero attached hydrogens (tertiary/aromatic N) is 1. The van der Waals surface area contributed by atoms with Crippen molar-refractivity contribution in [1.82, 2.24) is 4.98 Å². The van der Waals surface area contributed by atoms with E-state index < -0.39 is 6.67 Å². The van der Waals surface area contributed by atoms with Crippen LogP contribution in [0.4, 0.5) is 4.39 Å². The highest BCUT2D eigenvalue weighted by Crippen LogP contribution is 2.11. The molecule has 0 aliphatic rings. The van der Waals surface area contributed by atoms with Crippen molar-refractivity contribution in [3.05, 3.63) is 42.1 Å². The van der Waals surface area contributed by atoms with E-state index in [1.807, 2.05) is 18.2 Å². The molecule has 12 heavy (non-hydrogen) atoms. The molecule has 1 heterocycles. The zero-order valence-electron chi connectivity index (χ0n) is 6.42. The van der Waals surface area contributed by atoms with Gasteiger partial charge >= 0.3 is 0 Å². The molecule has 59 valence electrons. The molecule has 0 N–H and O–H groups in total. The monoisotopic (exact) mass is 160 g/mol. The summed E-state index contributed by atoms with van der Waals surface area (Å²) in [6.07, 6.45) is 0. The summed E-state index contributed by atoms with van der Waals surface area (Å²) in [5.41, 5.74) is 1.30. The molecule has 1 aromatic carbocycles. The molecule has 0 bridgehead atoms. The molecule has 1 nitrogen and oxygen atoms in total. The summed E-state index contributed by atoms with van der Waals surface area (Å²) in [5, 5.41) is 0.995. The van der Waals surface area contributed by atoms with E-state index in [1.165, 1.54) is 0 Å². The number of hydrogen-bond donors (Lipinski definition) is 0. The van der Waals surface area contributed by atoms with Crippen molar-refractivity contribution in [2.24, 2.45) is 0 Å². The Morgan fingerprint density at radius 3 is 3.08 bits per heavy atom. The summed E-state index contributed by atoms with van der Waals surface area (Å²) in [6, 6.07) is 11.9. The Kier molecular flexibility index (Phi) is 1.74. The molecule has 0 spiro atoms. The van der Waals surface area contributed by atoms with Crippen molar-refractivity contribution in [3.8, 4) is 0 Å². The quantitative estimate of drug-likeness (QED) is 0.624. The molecule has 0 fully saturated rings. The fraction of sp³-hybridized carbons (Fsp3) is 0.100. The second kappa shape index (κ2) is 2.89. The fourth-order valence-corrected chi connectivity index (χ4v) is 1.12. The van der Waals surface area contributed by atoms with Crippen LogP contribution in [0.3, 0.4) is 0 Å². The van der Waals surface area contributed by atoms with E-state index in [0.717, 1.165) is 10.9 Å². The highest BCUT2D eigenvalue weighted by molar-refractivity contribution is 5.78. The third-order valence-corrected chi connectivity index (χ3v) is 1.73. The second-order valence-corrected chi connectivity index (χ2v) is 2.56. The predicted molar refractivity (Wildman–Crippen MR) is 45.4 cm³/mol. The van der Waals surface area contributed by atoms with Crippen LogP contribution >= 0.6 is 0 Å². The van der Waals surface area contributed by atoms with E-state index in [2.05, 4.69) is 11.1 Å². The smallest absolute Gasteiger partial charge is 0.131 e. The Morgan fingerprint density at radius 1 is 1.33 bits per heavy atom. The fourth-order valence-electron chi connectivity index (χ4n) is 1.12. The van der Waals surface area contributed by atoms with Gasteiger partial charge in [0.2, 0.25) is 0 Å². The maximum absolute atomic E-state index is 12.2. The second-order valence-electron chi connectivity index (χ2n) is 2.56. The minimum Gasteiger partial charge on any atom is -0.250 e. The SMILES string of the molecule is FCc1ccc2c[c]ccc2n1. The van der Waals surface area contributed by atoms with Gasteiger partial charge in [-0.3, -0.25) is 4.98 Å². The zero-order valence-corrected chi connectivity index (χ0v) is 6.42. The van der Waals surface area contributed by atoms with Gasteiger partial charge in [0.1, 0.15) is 6.67 Å². The molecule has 2 rings (SSSR count). The third kappa shape index (κ3) is 1.16. The van der Waals surface area contributed by atoms with Crippen LogP contribution < -0.4 is 0 Å². The van der Waals surface area contributed by atoms with Gasteiger partial charge in [-0.1, -0.05) is 12.1 Å². The molecule has 2 aromatic rings. The lowest BCUT2D eigenvalue weighted by molar-refractivity contribution is 0.477. The van der Waals surface area contributed by atoms with Crippen LogP contribution in [0.1, 0.15) is 5.69 Å². The first kappa shape index (κ1) is 7.22. The Labute approximate surface area is 69.9 Å². The first-order valence-electron chi connectivity index (χ1n) is 3.72. The van der Waals surface area contributed by atoms with Crippen LogP contribution in [0.2, 0.25) is 0 Å². The summed E-state index contributed by atoms with van der Waals surface area (Å²) < 4.78 is 12.2. The van der Waals surface area contributed by atoms with E-state index in [-0.39, 0.29) is 0 Å². The molecular weight excluding hydrogens is 153 g/mol. The van der Waals surface area contributed by atoms with Crippen LogP contribution in [-0.2, 0) is 6.67 Å². The summed E-state index contributed by atoms with van der Waals surface area (Å²) in [7, 11) is 0. The molecule has 0 saturated heterocycles. The van der Waals surface area contributed by atoms with Gasteiger partial charge in [0.15, 0.2) is 0 Å². The Bertz CT molecular complexity index is 398. The average Bonchev–Trinajstić information content (AvgIpc) is 2.17. The molecule has 0 aliphatic heterocycles. The van der Waals surface area contributed by atoms with Gasteiger partial charge in [0.05, 0.1) is 11.2 Å². The minimum absolute atomic E-state index is 0.480. The molecule has 0 amide bonds. The average molecular weight is 160 g/mol. The lowest BCUT2D eigenvalue weighted by atomic mass is 10.2. The van der Waals surface area contributed by atoms with Crippen LogP contribution in [0.25, 0.3) is 10.9 Å². The Hall–Kier alpha value is -1.44. The highest BCUT2D eigenvalue weighted by Gasteiger charge is 1.95. The van der Waals surface area contributed by atoms with E-state index in [1.54, 1.807) is 12.1 Å². The Morgan fingerprint density at radius 2 is 2.25 bits per heavy atom. The van der Waals surface area contributed by atoms with Crippen molar-refractivity contribution in [2.75, 3.05) is 0 Å². The Balaban J connectivity index is 2.67. The minimum atomic E-state index is -0.505. The maximum Gasteiger partial charge on any atom is 0.131 e. The van der Waals surface area contributed by atoms with Crippen molar-refractivity contribution in [1.29, 1.82) is 0 Å². The maximum atomic E-state index is 12.2. The predicted octanol–water partition coefficient (Wildman–Crippen LogP) is 2.50. The molecule has 0 atom stereocenters. The standard InChI is InChI=1S/C10H7FN/c11-7-9-6-5-8-3-1-2-4-10(8)12-9/h2-6H,7H2. The molecule has 0 saturated carbocycles. The molecule has 0 aliphatic carbocycles. The van der Waals surface area contributed by atoms with Crippen LogP contribution in [0.5, 0.6) is 0 Å². The number of benzene rings is 1. The summed E-state index contributed by atoms with van der Waals surface area (Å²) in [5.74, 6) is 0. The summed E-state index contributed by atoms with van der Waals surface area (Å²) in [4.78, 5) is 4.10. The zero-order chi connectivity index (χ0) is 8.39. The van der Waals surface area contributed by atoms with E-state index >= 15 is 0 Å². The summed E-state index contributed by atoms with van der Waals surface area (Å²) in [6.45, 7) is -0.505. The molecule has 0 unspecified atom stereocenters. The summed E-state index contributed by atoms with van der Waals surface area (Å²) >= 11 is 0. The number of alkyl halides is 1. The van der Waals surface area contributed by atoms with Gasteiger partial charge in [-0.25, -0.2) is 4.39 Å². The van der Waals surface area contributed by atoms with Gasteiger partial charge in [-0.05, 0) is 24.3 Å². The largest absolute Gasteiger partial charge is 0.250 e. The number of halogens is 1. The van der Waals surface area contributed by atoms with Gasteiger partial charge in [-0.2, -0.15) is 0 Å². The van der Waals surface area contributed by atoms with Crippen molar-refractivity contribution in [2.45, 2.75) is 6.67 Å². The van der Waals surface area contributed by atoms with Gasteiger partial charge in [-0.15, -0.1) is 0 Å². The number of aromatic nitrogens is 1. The lowest BCUT2D eigenvalue weighted by Crippen LogP contribution is -1.85. The lowest BCUT2D eigenvalue weighted by Gasteiger charge is -1.97. The van der Waals surface area contributed by atoms with Crippen molar-refractivity contribution >= 4 is 10.9 Å². The van der Waals surface area contributed by atoms with Crippen LogP contribution in [-0.4, -0.2) is 4.98 Å². The number of fused-ring (bicyclic) bond motifs is 1. The first-order valence-corrected chi connectivity index (χ1v) is 3.72.